The second-order valence-corrected chi connectivity index (χ2v) is 4.31. The van der Waals surface area contributed by atoms with Gasteiger partial charge >= 0.3 is 0 Å². The molecule has 0 spiro atoms. The van der Waals surface area contributed by atoms with E-state index < -0.39 is 6.10 Å². The van der Waals surface area contributed by atoms with Crippen LogP contribution >= 0.6 is 0 Å². The van der Waals surface area contributed by atoms with Crippen molar-refractivity contribution in [2.24, 2.45) is 0 Å². The maximum atomic E-state index is 9.41. The van der Waals surface area contributed by atoms with E-state index in [0.717, 1.165) is 24.3 Å². The number of hydrogen-bond donors (Lipinski definition) is 1. The van der Waals surface area contributed by atoms with Crippen molar-refractivity contribution in [3.05, 3.63) is 47.8 Å². The van der Waals surface area contributed by atoms with Gasteiger partial charge in [0.05, 0.1) is 19.4 Å². The Bertz CT molecular complexity index is 489. The molecule has 4 heteroatoms. The van der Waals surface area contributed by atoms with Crippen LogP contribution in [0.4, 0.5) is 0 Å². The molecule has 2 rings (SSSR count). The molecule has 0 saturated heterocycles. The summed E-state index contributed by atoms with van der Waals surface area (Å²) < 4.78 is 6.97. The van der Waals surface area contributed by atoms with Crippen LogP contribution in [0.2, 0.25) is 0 Å². The van der Waals surface area contributed by atoms with Gasteiger partial charge in [0.2, 0.25) is 0 Å². The van der Waals surface area contributed by atoms with E-state index in [-0.39, 0.29) is 0 Å². The zero-order valence-corrected chi connectivity index (χ0v) is 10.7. The molecule has 0 radical (unpaired) electrons. The maximum Gasteiger partial charge on any atom is 0.118 e. The number of hydrogen-bond acceptors (Lipinski definition) is 3. The minimum absolute atomic E-state index is 0.459. The van der Waals surface area contributed by atoms with Gasteiger partial charge in [-0.25, -0.2) is 0 Å². The van der Waals surface area contributed by atoms with Crippen molar-refractivity contribution in [1.29, 1.82) is 0 Å². The van der Waals surface area contributed by atoms with E-state index in [0.29, 0.717) is 0 Å². The van der Waals surface area contributed by atoms with Gasteiger partial charge in [0.25, 0.3) is 0 Å². The number of methoxy groups -OCH3 is 1. The summed E-state index contributed by atoms with van der Waals surface area (Å²) in [6.07, 6.45) is 4.04. The van der Waals surface area contributed by atoms with Gasteiger partial charge in [0.15, 0.2) is 0 Å². The first kappa shape index (κ1) is 12.6. The predicted molar refractivity (Wildman–Crippen MR) is 69.6 cm³/mol. The number of rotatable bonds is 5. The normalized spacial score (nSPS) is 12.4. The van der Waals surface area contributed by atoms with Crippen LogP contribution in [0.5, 0.6) is 5.75 Å². The SMILES string of the molecule is COc1ccc(CCn2cc(C(C)O)cn2)cc1. The van der Waals surface area contributed by atoms with Crippen LogP contribution in [0.3, 0.4) is 0 Å². The van der Waals surface area contributed by atoms with Gasteiger partial charge in [-0.3, -0.25) is 4.68 Å². The van der Waals surface area contributed by atoms with E-state index in [1.54, 1.807) is 20.2 Å². The Kier molecular flexibility index (Phi) is 3.99. The zero-order valence-electron chi connectivity index (χ0n) is 10.7. The average molecular weight is 246 g/mol. The van der Waals surface area contributed by atoms with E-state index >= 15 is 0 Å². The van der Waals surface area contributed by atoms with Crippen molar-refractivity contribution in [2.45, 2.75) is 26.0 Å². The Morgan fingerprint density at radius 3 is 2.61 bits per heavy atom. The molecule has 0 saturated carbocycles. The Morgan fingerprint density at radius 2 is 2.06 bits per heavy atom. The van der Waals surface area contributed by atoms with Crippen molar-refractivity contribution >= 4 is 0 Å². The highest BCUT2D eigenvalue weighted by Gasteiger charge is 2.04. The molecule has 1 N–H and O–H groups in total. The summed E-state index contributed by atoms with van der Waals surface area (Å²) in [7, 11) is 1.66. The van der Waals surface area contributed by atoms with Crippen LogP contribution in [0.15, 0.2) is 36.7 Å². The van der Waals surface area contributed by atoms with Crippen molar-refractivity contribution in [2.75, 3.05) is 7.11 Å². The van der Waals surface area contributed by atoms with Crippen LogP contribution in [0.25, 0.3) is 0 Å². The number of aryl methyl sites for hydroxylation is 2. The highest BCUT2D eigenvalue weighted by atomic mass is 16.5. The van der Waals surface area contributed by atoms with Crippen LogP contribution in [-0.2, 0) is 13.0 Å². The van der Waals surface area contributed by atoms with E-state index in [1.165, 1.54) is 5.56 Å². The molecule has 0 fully saturated rings. The number of ether oxygens (including phenoxy) is 1. The van der Waals surface area contributed by atoms with Crippen LogP contribution in [0, 0.1) is 0 Å². The second-order valence-electron chi connectivity index (χ2n) is 4.31. The Labute approximate surface area is 107 Å². The van der Waals surface area contributed by atoms with Crippen LogP contribution in [-0.4, -0.2) is 22.0 Å². The first-order valence-electron chi connectivity index (χ1n) is 6.02. The van der Waals surface area contributed by atoms with E-state index in [2.05, 4.69) is 17.2 Å². The summed E-state index contributed by atoms with van der Waals surface area (Å²) in [6, 6.07) is 8.02. The second kappa shape index (κ2) is 5.69. The minimum Gasteiger partial charge on any atom is -0.497 e. The lowest BCUT2D eigenvalue weighted by atomic mass is 10.1. The molecule has 1 heterocycles. The summed E-state index contributed by atoms with van der Waals surface area (Å²) in [6.45, 7) is 2.55. The molecular weight excluding hydrogens is 228 g/mol. The van der Waals surface area contributed by atoms with E-state index in [1.807, 2.05) is 23.0 Å². The molecule has 1 aromatic heterocycles. The smallest absolute Gasteiger partial charge is 0.118 e. The molecule has 96 valence electrons. The summed E-state index contributed by atoms with van der Waals surface area (Å²) >= 11 is 0. The van der Waals surface area contributed by atoms with Gasteiger partial charge in [-0.05, 0) is 31.0 Å². The number of aliphatic hydroxyl groups is 1. The lowest BCUT2D eigenvalue weighted by molar-refractivity contribution is 0.199. The zero-order chi connectivity index (χ0) is 13.0. The molecule has 0 amide bonds. The third-order valence-electron chi connectivity index (χ3n) is 2.92. The molecule has 2 aromatic rings. The first-order valence-corrected chi connectivity index (χ1v) is 6.02. The van der Waals surface area contributed by atoms with Gasteiger partial charge in [-0.2, -0.15) is 5.10 Å². The molecule has 0 aliphatic heterocycles. The molecule has 0 aliphatic carbocycles. The van der Waals surface area contributed by atoms with Gasteiger partial charge in [-0.15, -0.1) is 0 Å². The van der Waals surface area contributed by atoms with Crippen molar-refractivity contribution in [3.63, 3.8) is 0 Å². The van der Waals surface area contributed by atoms with Crippen molar-refractivity contribution in [1.82, 2.24) is 9.78 Å². The first-order chi connectivity index (χ1) is 8.69. The standard InChI is InChI=1S/C14H18N2O2/c1-11(17)13-9-15-16(10-13)8-7-12-3-5-14(18-2)6-4-12/h3-6,9-11,17H,7-8H2,1-2H3. The van der Waals surface area contributed by atoms with E-state index in [9.17, 15) is 5.11 Å². The topological polar surface area (TPSA) is 47.3 Å². The molecule has 1 aromatic carbocycles. The Hall–Kier alpha value is -1.81. The lowest BCUT2D eigenvalue weighted by Gasteiger charge is -2.04. The quantitative estimate of drug-likeness (QED) is 0.879. The highest BCUT2D eigenvalue weighted by Crippen LogP contribution is 2.13. The average Bonchev–Trinajstić information content (AvgIpc) is 2.86. The summed E-state index contributed by atoms with van der Waals surface area (Å²) in [5.41, 5.74) is 2.09. The predicted octanol–water partition coefficient (Wildman–Crippen LogP) is 2.19. The van der Waals surface area contributed by atoms with Gasteiger partial charge in [0.1, 0.15) is 5.75 Å². The summed E-state index contributed by atoms with van der Waals surface area (Å²) in [5.74, 6) is 0.870. The third kappa shape index (κ3) is 3.11. The number of aromatic nitrogens is 2. The molecule has 0 bridgehead atoms. The molecule has 4 nitrogen and oxygen atoms in total. The molecule has 0 aliphatic rings. The molecule has 18 heavy (non-hydrogen) atoms. The van der Waals surface area contributed by atoms with Gasteiger partial charge in [-0.1, -0.05) is 12.1 Å². The fraction of sp³-hybridized carbons (Fsp3) is 0.357. The highest BCUT2D eigenvalue weighted by molar-refractivity contribution is 5.27. The Balaban J connectivity index is 1.93. The van der Waals surface area contributed by atoms with Crippen LogP contribution < -0.4 is 4.74 Å². The number of benzene rings is 1. The van der Waals surface area contributed by atoms with Crippen molar-refractivity contribution in [3.8, 4) is 5.75 Å². The fourth-order valence-electron chi connectivity index (χ4n) is 1.75. The maximum absolute atomic E-state index is 9.41. The van der Waals surface area contributed by atoms with E-state index in [4.69, 9.17) is 4.74 Å². The largest absolute Gasteiger partial charge is 0.497 e. The molecule has 1 atom stereocenters. The fourth-order valence-corrected chi connectivity index (χ4v) is 1.75. The summed E-state index contributed by atoms with van der Waals surface area (Å²) in [5, 5.41) is 13.6. The lowest BCUT2D eigenvalue weighted by Crippen LogP contribution is -2.01. The minimum atomic E-state index is -0.459. The van der Waals surface area contributed by atoms with Gasteiger partial charge in [0, 0.05) is 18.3 Å². The number of aliphatic hydroxyl groups excluding tert-OH is 1. The molecule has 1 unspecified atom stereocenters. The molecular formula is C14H18N2O2. The number of nitrogens with zero attached hydrogens (tertiary/aromatic N) is 2. The Morgan fingerprint density at radius 1 is 1.33 bits per heavy atom. The monoisotopic (exact) mass is 246 g/mol. The summed E-state index contributed by atoms with van der Waals surface area (Å²) in [4.78, 5) is 0. The third-order valence-corrected chi connectivity index (χ3v) is 2.92. The van der Waals surface area contributed by atoms with Crippen LogP contribution in [0.1, 0.15) is 24.2 Å². The van der Waals surface area contributed by atoms with Gasteiger partial charge < -0.3 is 9.84 Å². The van der Waals surface area contributed by atoms with Crippen molar-refractivity contribution < 1.29 is 9.84 Å².